The number of halogens is 1. The Hall–Kier alpha value is -0.890. The molecule has 2 heteroatoms. The van der Waals surface area contributed by atoms with Crippen LogP contribution in [0.2, 0.25) is 0 Å². The third-order valence-corrected chi connectivity index (χ3v) is 4.74. The van der Waals surface area contributed by atoms with Crippen molar-refractivity contribution in [2.24, 2.45) is 11.8 Å². The highest BCUT2D eigenvalue weighted by Crippen LogP contribution is 2.41. The molecule has 0 radical (unpaired) electrons. The van der Waals surface area contributed by atoms with Crippen molar-refractivity contribution >= 4 is 0 Å². The van der Waals surface area contributed by atoms with Crippen molar-refractivity contribution in [3.05, 3.63) is 35.6 Å². The van der Waals surface area contributed by atoms with Gasteiger partial charge in [-0.25, -0.2) is 4.39 Å². The van der Waals surface area contributed by atoms with E-state index in [1.54, 1.807) is 12.1 Å². The van der Waals surface area contributed by atoms with E-state index in [1.165, 1.54) is 31.2 Å². The van der Waals surface area contributed by atoms with Crippen molar-refractivity contribution in [1.82, 2.24) is 5.32 Å². The van der Waals surface area contributed by atoms with Gasteiger partial charge in [0.05, 0.1) is 0 Å². The van der Waals surface area contributed by atoms with Gasteiger partial charge in [-0.15, -0.1) is 0 Å². The van der Waals surface area contributed by atoms with Crippen LogP contribution in [0.5, 0.6) is 0 Å². The second-order valence-electron chi connectivity index (χ2n) is 6.57. The molecule has 1 fully saturated rings. The average Bonchev–Trinajstić information content (AvgIpc) is 2.45. The molecule has 1 aliphatic carbocycles. The molecule has 112 valence electrons. The Morgan fingerprint density at radius 3 is 2.75 bits per heavy atom. The summed E-state index contributed by atoms with van der Waals surface area (Å²) in [6, 6.07) is 7.77. The van der Waals surface area contributed by atoms with Crippen LogP contribution in [-0.4, -0.2) is 12.6 Å². The Bertz CT molecular complexity index is 416. The molecule has 20 heavy (non-hydrogen) atoms. The molecule has 0 bridgehead atoms. The van der Waals surface area contributed by atoms with E-state index in [9.17, 15) is 4.39 Å². The molecule has 0 saturated heterocycles. The fourth-order valence-corrected chi connectivity index (χ4v) is 3.47. The molecule has 1 saturated carbocycles. The number of hydrogen-bond acceptors (Lipinski definition) is 1. The van der Waals surface area contributed by atoms with Crippen LogP contribution in [0.25, 0.3) is 0 Å². The van der Waals surface area contributed by atoms with E-state index in [0.29, 0.717) is 17.9 Å². The Balaban J connectivity index is 2.13. The molecule has 1 aromatic carbocycles. The van der Waals surface area contributed by atoms with Gasteiger partial charge >= 0.3 is 0 Å². The Labute approximate surface area is 123 Å². The first-order valence-corrected chi connectivity index (χ1v) is 8.09. The SMILES string of the molecule is CCC1CCC(CNC(C)C)C(c2cccc(F)c2)C1. The van der Waals surface area contributed by atoms with E-state index >= 15 is 0 Å². The maximum absolute atomic E-state index is 13.5. The van der Waals surface area contributed by atoms with Gasteiger partial charge < -0.3 is 5.32 Å². The zero-order valence-electron chi connectivity index (χ0n) is 13.0. The van der Waals surface area contributed by atoms with E-state index in [0.717, 1.165) is 12.5 Å². The molecule has 0 spiro atoms. The monoisotopic (exact) mass is 277 g/mol. The summed E-state index contributed by atoms with van der Waals surface area (Å²) in [5, 5.41) is 3.57. The zero-order valence-corrected chi connectivity index (χ0v) is 13.0. The predicted octanol–water partition coefficient (Wildman–Crippen LogP) is 4.73. The van der Waals surface area contributed by atoms with E-state index in [1.807, 2.05) is 6.07 Å². The van der Waals surface area contributed by atoms with Crippen molar-refractivity contribution in [2.75, 3.05) is 6.54 Å². The highest BCUT2D eigenvalue weighted by atomic mass is 19.1. The fourth-order valence-electron chi connectivity index (χ4n) is 3.47. The molecular weight excluding hydrogens is 249 g/mol. The number of rotatable bonds is 5. The predicted molar refractivity (Wildman–Crippen MR) is 83.4 cm³/mol. The lowest BCUT2D eigenvalue weighted by Gasteiger charge is -2.37. The molecule has 1 aliphatic rings. The van der Waals surface area contributed by atoms with Gasteiger partial charge in [0.25, 0.3) is 0 Å². The summed E-state index contributed by atoms with van der Waals surface area (Å²) in [6.07, 6.45) is 5.05. The third kappa shape index (κ3) is 4.05. The molecule has 1 N–H and O–H groups in total. The van der Waals surface area contributed by atoms with Gasteiger partial charge in [0.1, 0.15) is 5.82 Å². The lowest BCUT2D eigenvalue weighted by atomic mass is 9.70. The topological polar surface area (TPSA) is 12.0 Å². The molecule has 0 amide bonds. The quantitative estimate of drug-likeness (QED) is 0.820. The minimum absolute atomic E-state index is 0.100. The van der Waals surface area contributed by atoms with Gasteiger partial charge in [-0.05, 0) is 54.8 Å². The summed E-state index contributed by atoms with van der Waals surface area (Å²) in [5.41, 5.74) is 1.19. The van der Waals surface area contributed by atoms with Gasteiger partial charge in [-0.1, -0.05) is 45.7 Å². The molecule has 3 atom stereocenters. The summed E-state index contributed by atoms with van der Waals surface area (Å²) < 4.78 is 13.5. The van der Waals surface area contributed by atoms with E-state index in [-0.39, 0.29) is 5.82 Å². The van der Waals surface area contributed by atoms with Crippen LogP contribution in [0.1, 0.15) is 57.9 Å². The summed E-state index contributed by atoms with van der Waals surface area (Å²) in [4.78, 5) is 0. The van der Waals surface area contributed by atoms with Crippen LogP contribution >= 0.6 is 0 Å². The maximum atomic E-state index is 13.5. The zero-order chi connectivity index (χ0) is 14.5. The lowest BCUT2D eigenvalue weighted by Crippen LogP contribution is -2.35. The third-order valence-electron chi connectivity index (χ3n) is 4.74. The lowest BCUT2D eigenvalue weighted by molar-refractivity contribution is 0.222. The highest BCUT2D eigenvalue weighted by Gasteiger charge is 2.30. The number of nitrogens with one attached hydrogen (secondary N) is 1. The molecule has 0 aliphatic heterocycles. The molecule has 3 unspecified atom stereocenters. The van der Waals surface area contributed by atoms with Crippen LogP contribution in [0.3, 0.4) is 0 Å². The minimum Gasteiger partial charge on any atom is -0.314 e. The number of hydrogen-bond donors (Lipinski definition) is 1. The fraction of sp³-hybridized carbons (Fsp3) is 0.667. The van der Waals surface area contributed by atoms with Gasteiger partial charge in [-0.3, -0.25) is 0 Å². The molecule has 2 rings (SSSR count). The molecular formula is C18H28FN. The molecule has 0 aromatic heterocycles. The summed E-state index contributed by atoms with van der Waals surface area (Å²) in [7, 11) is 0. The van der Waals surface area contributed by atoms with Gasteiger partial charge in [-0.2, -0.15) is 0 Å². The van der Waals surface area contributed by atoms with Gasteiger partial charge in [0.15, 0.2) is 0 Å². The summed E-state index contributed by atoms with van der Waals surface area (Å²) in [5.74, 6) is 1.85. The van der Waals surface area contributed by atoms with Crippen LogP contribution in [0.15, 0.2) is 24.3 Å². The van der Waals surface area contributed by atoms with E-state index < -0.39 is 0 Å². The van der Waals surface area contributed by atoms with Crippen LogP contribution in [-0.2, 0) is 0 Å². The van der Waals surface area contributed by atoms with Crippen molar-refractivity contribution in [3.8, 4) is 0 Å². The van der Waals surface area contributed by atoms with Crippen LogP contribution < -0.4 is 5.32 Å². The Morgan fingerprint density at radius 1 is 1.30 bits per heavy atom. The van der Waals surface area contributed by atoms with E-state index in [4.69, 9.17) is 0 Å². The molecule has 0 heterocycles. The Morgan fingerprint density at radius 2 is 2.10 bits per heavy atom. The second kappa shape index (κ2) is 7.21. The summed E-state index contributed by atoms with van der Waals surface area (Å²) >= 11 is 0. The van der Waals surface area contributed by atoms with Crippen molar-refractivity contribution in [1.29, 1.82) is 0 Å². The second-order valence-corrected chi connectivity index (χ2v) is 6.57. The first kappa shape index (κ1) is 15.5. The van der Waals surface area contributed by atoms with E-state index in [2.05, 4.69) is 32.2 Å². The maximum Gasteiger partial charge on any atom is 0.123 e. The Kier molecular flexibility index (Phi) is 5.59. The summed E-state index contributed by atoms with van der Waals surface area (Å²) in [6.45, 7) is 7.71. The van der Waals surface area contributed by atoms with Gasteiger partial charge in [0.2, 0.25) is 0 Å². The minimum atomic E-state index is -0.100. The molecule has 1 nitrogen and oxygen atoms in total. The average molecular weight is 277 g/mol. The van der Waals surface area contributed by atoms with Crippen molar-refractivity contribution in [2.45, 2.75) is 58.4 Å². The van der Waals surface area contributed by atoms with Crippen LogP contribution in [0.4, 0.5) is 4.39 Å². The van der Waals surface area contributed by atoms with Crippen molar-refractivity contribution in [3.63, 3.8) is 0 Å². The standard InChI is InChI=1S/C18H28FN/c1-4-14-8-9-16(12-20-13(2)3)18(10-14)15-6-5-7-17(19)11-15/h5-7,11,13-14,16,18,20H,4,8-10,12H2,1-3H3. The first-order chi connectivity index (χ1) is 9.60. The largest absolute Gasteiger partial charge is 0.314 e. The first-order valence-electron chi connectivity index (χ1n) is 8.09. The molecule has 1 aromatic rings. The van der Waals surface area contributed by atoms with Crippen molar-refractivity contribution < 1.29 is 4.39 Å². The van der Waals surface area contributed by atoms with Gasteiger partial charge in [0, 0.05) is 6.04 Å². The number of benzene rings is 1. The normalized spacial score (nSPS) is 26.9. The van der Waals surface area contributed by atoms with Crippen LogP contribution in [0, 0.1) is 17.7 Å². The smallest absolute Gasteiger partial charge is 0.123 e. The highest BCUT2D eigenvalue weighted by molar-refractivity contribution is 5.22.